The summed E-state index contributed by atoms with van der Waals surface area (Å²) in [6.07, 6.45) is 0. The highest BCUT2D eigenvalue weighted by atomic mass is 16.5. The van der Waals surface area contributed by atoms with Crippen LogP contribution in [0.2, 0.25) is 0 Å². The lowest BCUT2D eigenvalue weighted by Crippen LogP contribution is -2.47. The minimum Gasteiger partial charge on any atom is -0.493 e. The van der Waals surface area contributed by atoms with E-state index >= 15 is 0 Å². The summed E-state index contributed by atoms with van der Waals surface area (Å²) in [5.41, 5.74) is 6.85. The van der Waals surface area contributed by atoms with Gasteiger partial charge in [-0.25, -0.2) is 0 Å². The average Bonchev–Trinajstić information content (AvgIpc) is 3.14. The summed E-state index contributed by atoms with van der Waals surface area (Å²) in [5, 5.41) is 0. The van der Waals surface area contributed by atoms with Gasteiger partial charge in [-0.05, 0) is 28.3 Å². The van der Waals surface area contributed by atoms with Crippen molar-refractivity contribution in [3.63, 3.8) is 0 Å². The molecule has 5 rings (SSSR count). The Kier molecular flexibility index (Phi) is 5.19. The molecule has 0 unspecified atom stereocenters. The molecule has 3 aromatic rings. The van der Waals surface area contributed by atoms with Crippen molar-refractivity contribution >= 4 is 0 Å². The predicted molar refractivity (Wildman–Crippen MR) is 120 cm³/mol. The lowest BCUT2D eigenvalue weighted by Gasteiger charge is -2.39. The van der Waals surface area contributed by atoms with Crippen molar-refractivity contribution in [2.75, 3.05) is 40.4 Å². The number of para-hydroxylation sites is 1. The maximum Gasteiger partial charge on any atom is 0.165 e. The van der Waals surface area contributed by atoms with Crippen molar-refractivity contribution in [1.82, 2.24) is 9.80 Å². The third-order valence-electron chi connectivity index (χ3n) is 6.45. The van der Waals surface area contributed by atoms with Crippen LogP contribution in [0.1, 0.15) is 22.7 Å². The van der Waals surface area contributed by atoms with Gasteiger partial charge in [-0.3, -0.25) is 9.80 Å². The van der Waals surface area contributed by atoms with Gasteiger partial charge in [0.05, 0.1) is 20.3 Å². The van der Waals surface area contributed by atoms with Crippen molar-refractivity contribution in [2.24, 2.45) is 0 Å². The van der Waals surface area contributed by atoms with Gasteiger partial charge in [0.15, 0.2) is 11.5 Å². The Morgan fingerprint density at radius 1 is 0.733 bits per heavy atom. The highest BCUT2D eigenvalue weighted by molar-refractivity contribution is 5.78. The fraction of sp³-hybridized carbons (Fsp3) is 0.308. The Labute approximate surface area is 178 Å². The maximum atomic E-state index is 5.63. The van der Waals surface area contributed by atoms with Gasteiger partial charge in [-0.2, -0.15) is 0 Å². The quantitative estimate of drug-likeness (QED) is 0.625. The zero-order valence-corrected chi connectivity index (χ0v) is 17.7. The smallest absolute Gasteiger partial charge is 0.165 e. The second-order valence-corrected chi connectivity index (χ2v) is 8.04. The number of nitrogens with zero attached hydrogens (tertiary/aromatic N) is 2. The molecule has 4 nitrogen and oxygen atoms in total. The molecule has 30 heavy (non-hydrogen) atoms. The van der Waals surface area contributed by atoms with Crippen LogP contribution in [0.5, 0.6) is 11.5 Å². The average molecular weight is 401 g/mol. The van der Waals surface area contributed by atoms with E-state index in [1.807, 2.05) is 12.1 Å². The van der Waals surface area contributed by atoms with Crippen LogP contribution in [0.3, 0.4) is 0 Å². The van der Waals surface area contributed by atoms with Crippen molar-refractivity contribution < 1.29 is 9.47 Å². The molecule has 1 saturated heterocycles. The second kappa shape index (κ2) is 8.13. The molecule has 1 fully saturated rings. The van der Waals surface area contributed by atoms with E-state index in [0.29, 0.717) is 6.04 Å². The molecule has 0 atom stereocenters. The molecule has 1 heterocycles. The van der Waals surface area contributed by atoms with Gasteiger partial charge in [0.25, 0.3) is 0 Å². The van der Waals surface area contributed by atoms with Crippen LogP contribution in [0.15, 0.2) is 66.7 Å². The SMILES string of the molecule is COc1cccc(CN2CCN(C3c4ccccc4-c4ccccc43)CC2)c1OC. The first kappa shape index (κ1) is 19.2. The van der Waals surface area contributed by atoms with Gasteiger partial charge in [0.2, 0.25) is 0 Å². The molecular weight excluding hydrogens is 372 g/mol. The van der Waals surface area contributed by atoms with Gasteiger partial charge in [-0.1, -0.05) is 60.7 Å². The summed E-state index contributed by atoms with van der Waals surface area (Å²) < 4.78 is 11.1. The third kappa shape index (κ3) is 3.26. The Morgan fingerprint density at radius 2 is 1.37 bits per heavy atom. The topological polar surface area (TPSA) is 24.9 Å². The molecule has 0 aromatic heterocycles. The van der Waals surface area contributed by atoms with E-state index in [-0.39, 0.29) is 0 Å². The number of fused-ring (bicyclic) bond motifs is 3. The van der Waals surface area contributed by atoms with Crippen molar-refractivity contribution in [2.45, 2.75) is 12.6 Å². The summed E-state index contributed by atoms with van der Waals surface area (Å²) in [7, 11) is 3.41. The number of hydrogen-bond donors (Lipinski definition) is 0. The van der Waals surface area contributed by atoms with Crippen LogP contribution in [0.25, 0.3) is 11.1 Å². The second-order valence-electron chi connectivity index (χ2n) is 8.04. The van der Waals surface area contributed by atoms with Crippen LogP contribution in [0, 0.1) is 0 Å². The molecule has 4 heteroatoms. The molecule has 2 aliphatic rings. The first-order valence-corrected chi connectivity index (χ1v) is 10.6. The molecule has 0 bridgehead atoms. The highest BCUT2D eigenvalue weighted by Gasteiger charge is 2.34. The molecule has 1 aliphatic carbocycles. The number of rotatable bonds is 5. The lowest BCUT2D eigenvalue weighted by molar-refractivity contribution is 0.105. The Hall–Kier alpha value is -2.82. The maximum absolute atomic E-state index is 5.63. The number of methoxy groups -OCH3 is 2. The molecule has 3 aromatic carbocycles. The van der Waals surface area contributed by atoms with Crippen molar-refractivity contribution in [3.05, 3.63) is 83.4 Å². The number of ether oxygens (including phenoxy) is 2. The first-order valence-electron chi connectivity index (χ1n) is 10.6. The molecule has 0 spiro atoms. The highest BCUT2D eigenvalue weighted by Crippen LogP contribution is 2.46. The van der Waals surface area contributed by atoms with Gasteiger partial charge in [0, 0.05) is 38.3 Å². The molecule has 154 valence electrons. The van der Waals surface area contributed by atoms with Gasteiger partial charge in [0.1, 0.15) is 0 Å². The normalized spacial score (nSPS) is 16.9. The predicted octanol–water partition coefficient (Wildman–Crippen LogP) is 4.59. The Balaban J connectivity index is 1.33. The zero-order chi connectivity index (χ0) is 20.5. The van der Waals surface area contributed by atoms with Gasteiger partial charge < -0.3 is 9.47 Å². The van der Waals surface area contributed by atoms with Crippen LogP contribution >= 0.6 is 0 Å². The van der Waals surface area contributed by atoms with Gasteiger partial charge in [-0.15, -0.1) is 0 Å². The molecule has 0 N–H and O–H groups in total. The third-order valence-corrected chi connectivity index (χ3v) is 6.45. The molecule has 1 aliphatic heterocycles. The summed E-state index contributed by atoms with van der Waals surface area (Å²) >= 11 is 0. The molecule has 0 radical (unpaired) electrons. The molecular formula is C26H28N2O2. The zero-order valence-electron chi connectivity index (χ0n) is 17.7. The minimum absolute atomic E-state index is 0.367. The van der Waals surface area contributed by atoms with E-state index < -0.39 is 0 Å². The fourth-order valence-electron chi connectivity index (χ4n) is 5.02. The van der Waals surface area contributed by atoms with E-state index in [0.717, 1.165) is 44.2 Å². The minimum atomic E-state index is 0.367. The molecule has 0 saturated carbocycles. The van der Waals surface area contributed by atoms with E-state index in [1.54, 1.807) is 14.2 Å². The van der Waals surface area contributed by atoms with E-state index in [1.165, 1.54) is 27.8 Å². The van der Waals surface area contributed by atoms with E-state index in [4.69, 9.17) is 9.47 Å². The Bertz CT molecular complexity index is 995. The van der Waals surface area contributed by atoms with Gasteiger partial charge >= 0.3 is 0 Å². The van der Waals surface area contributed by atoms with Crippen molar-refractivity contribution in [3.8, 4) is 22.6 Å². The van der Waals surface area contributed by atoms with E-state index in [2.05, 4.69) is 64.4 Å². The number of piperazine rings is 1. The van der Waals surface area contributed by atoms with Crippen LogP contribution in [-0.4, -0.2) is 50.2 Å². The largest absolute Gasteiger partial charge is 0.493 e. The monoisotopic (exact) mass is 400 g/mol. The number of benzene rings is 3. The fourth-order valence-corrected chi connectivity index (χ4v) is 5.02. The summed E-state index contributed by atoms with van der Waals surface area (Å²) in [4.78, 5) is 5.16. The Morgan fingerprint density at radius 3 is 1.97 bits per heavy atom. The lowest BCUT2D eigenvalue weighted by atomic mass is 10.0. The molecule has 0 amide bonds. The number of hydrogen-bond acceptors (Lipinski definition) is 4. The summed E-state index contributed by atoms with van der Waals surface area (Å²) in [6.45, 7) is 5.08. The summed E-state index contributed by atoms with van der Waals surface area (Å²) in [5.74, 6) is 1.65. The summed E-state index contributed by atoms with van der Waals surface area (Å²) in [6, 6.07) is 24.3. The van der Waals surface area contributed by atoms with Crippen LogP contribution in [0.4, 0.5) is 0 Å². The first-order chi connectivity index (χ1) is 14.8. The van der Waals surface area contributed by atoms with Crippen LogP contribution in [-0.2, 0) is 6.54 Å². The van der Waals surface area contributed by atoms with Crippen LogP contribution < -0.4 is 9.47 Å². The van der Waals surface area contributed by atoms with Crippen molar-refractivity contribution in [1.29, 1.82) is 0 Å². The standard InChI is InChI=1S/C26H28N2O2/c1-29-24-13-7-8-19(26(24)30-2)18-27-14-16-28(17-15-27)25-22-11-5-3-9-20(22)21-10-4-6-12-23(21)25/h3-13,25H,14-18H2,1-2H3. The van der Waals surface area contributed by atoms with E-state index in [9.17, 15) is 0 Å².